The molecule has 1 saturated heterocycles. The minimum absolute atomic E-state index is 0.219. The predicted molar refractivity (Wildman–Crippen MR) is 98.9 cm³/mol. The van der Waals surface area contributed by atoms with E-state index in [1.165, 1.54) is 12.1 Å². The Morgan fingerprint density at radius 1 is 1.37 bits per heavy atom. The molecule has 0 spiro atoms. The smallest absolute Gasteiger partial charge is 0.312 e. The highest BCUT2D eigenvalue weighted by atomic mass is 32.2. The zero-order valence-electron chi connectivity index (χ0n) is 15.2. The van der Waals surface area contributed by atoms with Gasteiger partial charge in [0, 0.05) is 19.6 Å². The molecular formula is C16H22N6O4S. The minimum atomic E-state index is -4.20. The maximum absolute atomic E-state index is 11.8. The number of nitro groups is 1. The largest absolute Gasteiger partial charge is 0.366 e. The molecule has 2 heterocycles. The number of anilines is 1. The van der Waals surface area contributed by atoms with Crippen LogP contribution in [0.5, 0.6) is 0 Å². The Labute approximate surface area is 157 Å². The summed E-state index contributed by atoms with van der Waals surface area (Å²) in [6.45, 7) is 5.56. The lowest BCUT2D eigenvalue weighted by Gasteiger charge is -2.34. The Morgan fingerprint density at radius 2 is 2.11 bits per heavy atom. The number of rotatable bonds is 5. The summed E-state index contributed by atoms with van der Waals surface area (Å²) >= 11 is 0. The van der Waals surface area contributed by atoms with Crippen molar-refractivity contribution in [2.75, 3.05) is 18.0 Å². The molecule has 0 bridgehead atoms. The molecule has 1 aliphatic rings. The summed E-state index contributed by atoms with van der Waals surface area (Å²) in [6, 6.07) is 4.22. The van der Waals surface area contributed by atoms with Crippen LogP contribution in [0.25, 0.3) is 0 Å². The van der Waals surface area contributed by atoms with Gasteiger partial charge < -0.3 is 4.90 Å². The Hall–Kier alpha value is -2.53. The summed E-state index contributed by atoms with van der Waals surface area (Å²) < 4.78 is 25.4. The molecule has 10 nitrogen and oxygen atoms in total. The zero-order valence-corrected chi connectivity index (χ0v) is 16.0. The van der Waals surface area contributed by atoms with Crippen molar-refractivity contribution in [3.63, 3.8) is 0 Å². The van der Waals surface area contributed by atoms with E-state index in [-0.39, 0.29) is 11.6 Å². The molecule has 2 N–H and O–H groups in total. The van der Waals surface area contributed by atoms with Crippen molar-refractivity contribution in [3.05, 3.63) is 40.0 Å². The summed E-state index contributed by atoms with van der Waals surface area (Å²) in [7, 11) is -4.20. The highest BCUT2D eigenvalue weighted by molar-refractivity contribution is 7.89. The first-order valence-electron chi connectivity index (χ1n) is 8.60. The van der Waals surface area contributed by atoms with Crippen LogP contribution in [0.3, 0.4) is 0 Å². The van der Waals surface area contributed by atoms with Crippen molar-refractivity contribution in [1.29, 1.82) is 0 Å². The molecular weight excluding hydrogens is 372 g/mol. The van der Waals surface area contributed by atoms with Gasteiger partial charge in [0.25, 0.3) is 0 Å². The SMILES string of the molecule is Cc1nc(C)n(CC2CCCN(c3cccc(S(N)(=O)=O)c3[N+](=O)[O-])C2)n1. The topological polar surface area (TPSA) is 137 Å². The van der Waals surface area contributed by atoms with E-state index in [2.05, 4.69) is 10.1 Å². The van der Waals surface area contributed by atoms with Crippen molar-refractivity contribution in [2.45, 2.75) is 38.1 Å². The fourth-order valence-electron chi connectivity index (χ4n) is 3.59. The van der Waals surface area contributed by atoms with E-state index < -0.39 is 25.5 Å². The van der Waals surface area contributed by atoms with Crippen molar-refractivity contribution >= 4 is 21.4 Å². The van der Waals surface area contributed by atoms with Gasteiger partial charge in [0.05, 0.1) is 4.92 Å². The van der Waals surface area contributed by atoms with E-state index in [0.717, 1.165) is 18.7 Å². The van der Waals surface area contributed by atoms with Gasteiger partial charge >= 0.3 is 5.69 Å². The monoisotopic (exact) mass is 394 g/mol. The fourth-order valence-corrected chi connectivity index (χ4v) is 4.31. The van der Waals surface area contributed by atoms with Gasteiger partial charge in [0.2, 0.25) is 10.0 Å². The molecule has 1 fully saturated rings. The van der Waals surface area contributed by atoms with Crippen molar-refractivity contribution in [3.8, 4) is 0 Å². The van der Waals surface area contributed by atoms with E-state index in [1.54, 1.807) is 6.07 Å². The highest BCUT2D eigenvalue weighted by Gasteiger charge is 2.31. The van der Waals surface area contributed by atoms with Crippen LogP contribution in [-0.2, 0) is 16.6 Å². The second kappa shape index (κ2) is 7.24. The van der Waals surface area contributed by atoms with Gasteiger partial charge in [0.15, 0.2) is 4.90 Å². The molecule has 1 aromatic heterocycles. The number of hydrogen-bond donors (Lipinski definition) is 1. The Bertz CT molecular complexity index is 971. The van der Waals surface area contributed by atoms with Gasteiger partial charge in [-0.05, 0) is 44.7 Å². The molecule has 1 atom stereocenters. The number of hydrogen-bond acceptors (Lipinski definition) is 7. The minimum Gasteiger partial charge on any atom is -0.366 e. The fraction of sp³-hybridized carbons (Fsp3) is 0.500. The average Bonchev–Trinajstić information content (AvgIpc) is 2.90. The van der Waals surface area contributed by atoms with Gasteiger partial charge in [0.1, 0.15) is 17.3 Å². The molecule has 0 aliphatic carbocycles. The molecule has 27 heavy (non-hydrogen) atoms. The first-order valence-corrected chi connectivity index (χ1v) is 10.1. The molecule has 0 amide bonds. The summed E-state index contributed by atoms with van der Waals surface area (Å²) in [5.74, 6) is 1.75. The van der Waals surface area contributed by atoms with Gasteiger partial charge in [-0.1, -0.05) is 6.07 Å². The predicted octanol–water partition coefficient (Wildman–Crippen LogP) is 1.37. The van der Waals surface area contributed by atoms with Gasteiger partial charge in [-0.15, -0.1) is 0 Å². The van der Waals surface area contributed by atoms with E-state index in [0.29, 0.717) is 25.5 Å². The number of primary sulfonamides is 1. The molecule has 3 rings (SSSR count). The Balaban J connectivity index is 1.90. The summed E-state index contributed by atoms with van der Waals surface area (Å²) in [4.78, 5) is 16.6. The first kappa shape index (κ1) is 19.2. The Kier molecular flexibility index (Phi) is 5.16. The average molecular weight is 394 g/mol. The van der Waals surface area contributed by atoms with Crippen molar-refractivity contribution in [1.82, 2.24) is 14.8 Å². The number of para-hydroxylation sites is 1. The molecule has 1 aliphatic heterocycles. The normalized spacial score (nSPS) is 17.9. The summed E-state index contributed by atoms with van der Waals surface area (Å²) in [5.41, 5.74) is -0.184. The third kappa shape index (κ3) is 4.08. The molecule has 146 valence electrons. The zero-order chi connectivity index (χ0) is 19.8. The van der Waals surface area contributed by atoms with Crippen LogP contribution < -0.4 is 10.0 Å². The number of benzene rings is 1. The lowest BCUT2D eigenvalue weighted by atomic mass is 9.97. The number of sulfonamides is 1. The van der Waals surface area contributed by atoms with E-state index in [1.807, 2.05) is 23.4 Å². The lowest BCUT2D eigenvalue weighted by Crippen LogP contribution is -2.38. The maximum atomic E-state index is 11.8. The second-order valence-corrected chi connectivity index (χ2v) is 8.30. The Morgan fingerprint density at radius 3 is 2.70 bits per heavy atom. The standard InChI is InChI=1S/C16H22N6O4S/c1-11-18-12(2)21(19-11)10-13-5-4-8-20(9-13)14-6-3-7-15(27(17,25)26)16(14)22(23)24/h3,6-7,13H,4-5,8-10H2,1-2H3,(H2,17,25,26). The maximum Gasteiger partial charge on any atom is 0.312 e. The number of aryl methyl sites for hydroxylation is 2. The quantitative estimate of drug-likeness (QED) is 0.597. The lowest BCUT2D eigenvalue weighted by molar-refractivity contribution is -0.387. The molecule has 0 radical (unpaired) electrons. The number of nitrogens with two attached hydrogens (primary N) is 1. The third-order valence-corrected chi connectivity index (χ3v) is 5.66. The van der Waals surface area contributed by atoms with Crippen molar-refractivity contribution in [2.24, 2.45) is 11.1 Å². The van der Waals surface area contributed by atoms with Crippen LogP contribution in [0.4, 0.5) is 11.4 Å². The van der Waals surface area contributed by atoms with E-state index in [4.69, 9.17) is 5.14 Å². The molecule has 1 unspecified atom stereocenters. The van der Waals surface area contributed by atoms with Crippen LogP contribution in [0.1, 0.15) is 24.5 Å². The van der Waals surface area contributed by atoms with Crippen LogP contribution in [0, 0.1) is 29.9 Å². The van der Waals surface area contributed by atoms with E-state index in [9.17, 15) is 18.5 Å². The third-order valence-electron chi connectivity index (χ3n) is 4.72. The highest BCUT2D eigenvalue weighted by Crippen LogP contribution is 2.36. The number of nitrogens with zero attached hydrogens (tertiary/aromatic N) is 5. The van der Waals surface area contributed by atoms with E-state index >= 15 is 0 Å². The number of piperidine rings is 1. The van der Waals surface area contributed by atoms with Crippen LogP contribution >= 0.6 is 0 Å². The summed E-state index contributed by atoms with van der Waals surface area (Å²) in [6.07, 6.45) is 1.80. The van der Waals surface area contributed by atoms with Gasteiger partial charge in [-0.25, -0.2) is 23.2 Å². The second-order valence-electron chi connectivity index (χ2n) is 6.77. The first-order chi connectivity index (χ1) is 12.7. The molecule has 2 aromatic rings. The van der Waals surface area contributed by atoms with Crippen molar-refractivity contribution < 1.29 is 13.3 Å². The van der Waals surface area contributed by atoms with Gasteiger partial charge in [-0.2, -0.15) is 5.10 Å². The van der Waals surface area contributed by atoms with Crippen LogP contribution in [0.2, 0.25) is 0 Å². The van der Waals surface area contributed by atoms with Gasteiger partial charge in [-0.3, -0.25) is 10.1 Å². The molecule has 0 saturated carbocycles. The number of aromatic nitrogens is 3. The number of nitro benzene ring substituents is 1. The van der Waals surface area contributed by atoms with Crippen LogP contribution in [0.15, 0.2) is 23.1 Å². The van der Waals surface area contributed by atoms with Crippen LogP contribution in [-0.4, -0.2) is 41.2 Å². The molecule has 11 heteroatoms. The molecule has 1 aromatic carbocycles. The summed E-state index contributed by atoms with van der Waals surface area (Å²) in [5, 5.41) is 21.1.